The van der Waals surface area contributed by atoms with Gasteiger partial charge in [0, 0.05) is 26.2 Å². The lowest BCUT2D eigenvalue weighted by atomic mass is 10.1. The van der Waals surface area contributed by atoms with Gasteiger partial charge in [-0.2, -0.15) is 0 Å². The lowest BCUT2D eigenvalue weighted by Gasteiger charge is -2.37. The predicted octanol–water partition coefficient (Wildman–Crippen LogP) is 0.532. The molecule has 24 heavy (non-hydrogen) atoms. The van der Waals surface area contributed by atoms with Gasteiger partial charge in [0.1, 0.15) is 6.04 Å². The van der Waals surface area contributed by atoms with E-state index in [-0.39, 0.29) is 5.91 Å². The van der Waals surface area contributed by atoms with Gasteiger partial charge in [-0.05, 0) is 18.6 Å². The molecular formula is C16H23N3O4S. The highest BCUT2D eigenvalue weighted by Crippen LogP contribution is 2.23. The fraction of sp³-hybridized carbons (Fsp3) is 0.500. The Morgan fingerprint density at radius 2 is 1.79 bits per heavy atom. The maximum atomic E-state index is 12.9. The summed E-state index contributed by atoms with van der Waals surface area (Å²) in [5, 5.41) is 0. The van der Waals surface area contributed by atoms with Crippen molar-refractivity contribution in [1.82, 2.24) is 9.80 Å². The molecule has 2 rings (SSSR count). The average Bonchev–Trinajstić information content (AvgIpc) is 2.58. The van der Waals surface area contributed by atoms with Crippen molar-refractivity contribution in [2.75, 3.05) is 36.7 Å². The van der Waals surface area contributed by atoms with E-state index in [1.807, 2.05) is 0 Å². The Balaban J connectivity index is 2.26. The molecule has 1 aliphatic heterocycles. The number of hydrogen-bond donors (Lipinski definition) is 0. The van der Waals surface area contributed by atoms with Gasteiger partial charge in [-0.3, -0.25) is 13.9 Å². The molecule has 0 saturated carbocycles. The molecular weight excluding hydrogens is 330 g/mol. The van der Waals surface area contributed by atoms with E-state index < -0.39 is 16.1 Å². The summed E-state index contributed by atoms with van der Waals surface area (Å²) in [4.78, 5) is 26.9. The van der Waals surface area contributed by atoms with Crippen molar-refractivity contribution in [1.29, 1.82) is 0 Å². The third-order valence-electron chi connectivity index (χ3n) is 4.10. The Morgan fingerprint density at radius 3 is 2.25 bits per heavy atom. The molecule has 1 atom stereocenters. The highest BCUT2D eigenvalue weighted by molar-refractivity contribution is 7.92. The van der Waals surface area contributed by atoms with Crippen LogP contribution in [0.15, 0.2) is 30.3 Å². The molecule has 7 nitrogen and oxygen atoms in total. The molecule has 1 aromatic rings. The molecule has 1 unspecified atom stereocenters. The summed E-state index contributed by atoms with van der Waals surface area (Å²) in [6.07, 6.45) is 2.25. The smallest absolute Gasteiger partial charge is 0.246 e. The summed E-state index contributed by atoms with van der Waals surface area (Å²) in [5.74, 6) is -0.225. The number of sulfonamides is 1. The van der Waals surface area contributed by atoms with Crippen LogP contribution in [0.3, 0.4) is 0 Å². The van der Waals surface area contributed by atoms with Gasteiger partial charge < -0.3 is 9.80 Å². The highest BCUT2D eigenvalue weighted by Gasteiger charge is 2.35. The molecule has 8 heteroatoms. The number of nitrogens with zero attached hydrogens (tertiary/aromatic N) is 3. The second-order valence-electron chi connectivity index (χ2n) is 5.79. The number of rotatable bonds is 6. The largest absolute Gasteiger partial charge is 0.342 e. The van der Waals surface area contributed by atoms with Crippen LogP contribution in [-0.2, 0) is 19.6 Å². The van der Waals surface area contributed by atoms with Crippen LogP contribution >= 0.6 is 0 Å². The van der Waals surface area contributed by atoms with Crippen molar-refractivity contribution in [2.45, 2.75) is 19.4 Å². The van der Waals surface area contributed by atoms with E-state index in [9.17, 15) is 18.0 Å². The molecule has 0 radical (unpaired) electrons. The number of amides is 2. The lowest BCUT2D eigenvalue weighted by Crippen LogP contribution is -2.55. The maximum Gasteiger partial charge on any atom is 0.246 e. The van der Waals surface area contributed by atoms with E-state index in [1.54, 1.807) is 47.1 Å². The minimum absolute atomic E-state index is 0.225. The van der Waals surface area contributed by atoms with E-state index in [4.69, 9.17) is 0 Å². The van der Waals surface area contributed by atoms with Crippen molar-refractivity contribution < 1.29 is 18.0 Å². The summed E-state index contributed by atoms with van der Waals surface area (Å²) in [6, 6.07) is 7.86. The van der Waals surface area contributed by atoms with E-state index in [2.05, 4.69) is 0 Å². The topological polar surface area (TPSA) is 78.0 Å². The van der Waals surface area contributed by atoms with E-state index >= 15 is 0 Å². The molecule has 1 heterocycles. The Hall–Kier alpha value is -2.09. The lowest BCUT2D eigenvalue weighted by molar-refractivity contribution is -0.136. The molecule has 1 aromatic carbocycles. The van der Waals surface area contributed by atoms with Gasteiger partial charge in [-0.25, -0.2) is 8.42 Å². The molecule has 0 spiro atoms. The predicted molar refractivity (Wildman–Crippen MR) is 92.1 cm³/mol. The standard InChI is InChI=1S/C16H23N3O4S/c1-3-15(16(21)18-11-9-17(13-20)10-12-18)19(24(2,22)23)14-7-5-4-6-8-14/h4-8,13,15H,3,9-12H2,1-2H3. The Bertz CT molecular complexity index is 670. The number of carbonyl (C=O) groups excluding carboxylic acids is 2. The molecule has 1 aliphatic rings. The Morgan fingerprint density at radius 1 is 1.21 bits per heavy atom. The molecule has 0 bridgehead atoms. The summed E-state index contributed by atoms with van der Waals surface area (Å²) >= 11 is 0. The maximum absolute atomic E-state index is 12.9. The number of carbonyl (C=O) groups is 2. The summed E-state index contributed by atoms with van der Waals surface area (Å²) in [5.41, 5.74) is 0.478. The Kier molecular flexibility index (Phi) is 5.82. The van der Waals surface area contributed by atoms with Crippen LogP contribution in [0, 0.1) is 0 Å². The van der Waals surface area contributed by atoms with Crippen molar-refractivity contribution in [3.05, 3.63) is 30.3 Å². The molecule has 0 aromatic heterocycles. The van der Waals surface area contributed by atoms with Crippen LogP contribution in [0.4, 0.5) is 5.69 Å². The fourth-order valence-electron chi connectivity index (χ4n) is 2.88. The Labute approximate surface area is 142 Å². The van der Waals surface area contributed by atoms with Crippen LogP contribution in [0.1, 0.15) is 13.3 Å². The average molecular weight is 353 g/mol. The van der Waals surface area contributed by atoms with Gasteiger partial charge in [0.15, 0.2) is 0 Å². The second kappa shape index (κ2) is 7.65. The normalized spacial score (nSPS) is 16.6. The van der Waals surface area contributed by atoms with E-state index in [0.717, 1.165) is 12.7 Å². The third-order valence-corrected chi connectivity index (χ3v) is 5.28. The zero-order valence-electron chi connectivity index (χ0n) is 14.0. The van der Waals surface area contributed by atoms with Crippen molar-refractivity contribution in [2.24, 2.45) is 0 Å². The third kappa shape index (κ3) is 4.05. The van der Waals surface area contributed by atoms with Gasteiger partial charge in [0.2, 0.25) is 22.3 Å². The summed E-state index contributed by atoms with van der Waals surface area (Å²) in [7, 11) is -3.61. The van der Waals surface area contributed by atoms with Crippen LogP contribution in [-0.4, -0.2) is 69.0 Å². The number of para-hydroxylation sites is 1. The zero-order chi connectivity index (χ0) is 17.7. The quantitative estimate of drug-likeness (QED) is 0.699. The van der Waals surface area contributed by atoms with Crippen LogP contribution in [0.25, 0.3) is 0 Å². The summed E-state index contributed by atoms with van der Waals surface area (Å²) < 4.78 is 25.8. The van der Waals surface area contributed by atoms with Crippen molar-refractivity contribution in [3.8, 4) is 0 Å². The minimum Gasteiger partial charge on any atom is -0.342 e. The molecule has 0 N–H and O–H groups in total. The van der Waals surface area contributed by atoms with Gasteiger partial charge in [-0.1, -0.05) is 25.1 Å². The molecule has 1 saturated heterocycles. The highest BCUT2D eigenvalue weighted by atomic mass is 32.2. The fourth-order valence-corrected chi connectivity index (χ4v) is 4.08. The summed E-state index contributed by atoms with van der Waals surface area (Å²) in [6.45, 7) is 3.57. The number of benzene rings is 1. The van der Waals surface area contributed by atoms with Crippen LogP contribution in [0.5, 0.6) is 0 Å². The number of anilines is 1. The monoisotopic (exact) mass is 353 g/mol. The van der Waals surface area contributed by atoms with E-state index in [1.165, 1.54) is 4.31 Å². The van der Waals surface area contributed by atoms with Crippen LogP contribution < -0.4 is 4.31 Å². The van der Waals surface area contributed by atoms with Gasteiger partial charge >= 0.3 is 0 Å². The van der Waals surface area contributed by atoms with Crippen molar-refractivity contribution >= 4 is 28.0 Å². The van der Waals surface area contributed by atoms with Crippen LogP contribution in [0.2, 0.25) is 0 Å². The second-order valence-corrected chi connectivity index (χ2v) is 7.64. The van der Waals surface area contributed by atoms with Crippen molar-refractivity contribution in [3.63, 3.8) is 0 Å². The van der Waals surface area contributed by atoms with Gasteiger partial charge in [-0.15, -0.1) is 0 Å². The first-order chi connectivity index (χ1) is 11.4. The SMILES string of the molecule is CCC(C(=O)N1CCN(C=O)CC1)N(c1ccccc1)S(C)(=O)=O. The first-order valence-electron chi connectivity index (χ1n) is 7.91. The molecule has 132 valence electrons. The molecule has 1 fully saturated rings. The molecule has 2 amide bonds. The van der Waals surface area contributed by atoms with Gasteiger partial charge in [0.25, 0.3) is 0 Å². The zero-order valence-corrected chi connectivity index (χ0v) is 14.8. The number of hydrogen-bond acceptors (Lipinski definition) is 4. The molecule has 0 aliphatic carbocycles. The number of piperazine rings is 1. The van der Waals surface area contributed by atoms with Gasteiger partial charge in [0.05, 0.1) is 11.9 Å². The minimum atomic E-state index is -3.61. The first kappa shape index (κ1) is 18.3. The first-order valence-corrected chi connectivity index (χ1v) is 9.76. The van der Waals surface area contributed by atoms with E-state index in [0.29, 0.717) is 38.3 Å².